The fourth-order valence-corrected chi connectivity index (χ4v) is 5.28. The van der Waals surface area contributed by atoms with Crippen LogP contribution in [0.25, 0.3) is 0 Å². The minimum atomic E-state index is -0.576. The van der Waals surface area contributed by atoms with Crippen LogP contribution in [0.15, 0.2) is 34.7 Å². The van der Waals surface area contributed by atoms with Gasteiger partial charge in [-0.1, -0.05) is 0 Å². The number of amides is 3. The summed E-state index contributed by atoms with van der Waals surface area (Å²) in [6, 6.07) is 7.93. The monoisotopic (exact) mass is 498 g/mol. The van der Waals surface area contributed by atoms with Crippen molar-refractivity contribution in [3.63, 3.8) is 0 Å². The van der Waals surface area contributed by atoms with E-state index in [1.54, 1.807) is 30.1 Å². The Bertz CT molecular complexity index is 1200. The third kappa shape index (κ3) is 4.52. The molecule has 0 radical (unpaired) electrons. The number of hydrogen-bond acceptors (Lipinski definition) is 7. The molecule has 5 rings (SSSR count). The quantitative estimate of drug-likeness (QED) is 0.553. The minimum Gasteiger partial charge on any atom is -0.458 e. The number of benzene rings is 1. The van der Waals surface area contributed by atoms with Crippen LogP contribution in [0.4, 0.5) is 20.6 Å². The van der Waals surface area contributed by atoms with Gasteiger partial charge in [0.2, 0.25) is 11.8 Å². The molecule has 190 valence electrons. The first-order valence-corrected chi connectivity index (χ1v) is 11.8. The van der Waals surface area contributed by atoms with E-state index in [0.29, 0.717) is 36.5 Å². The number of carbonyl (C=O) groups excluding carboxylic acids is 4. The van der Waals surface area contributed by atoms with Gasteiger partial charge >= 0.3 is 6.09 Å². The van der Waals surface area contributed by atoms with E-state index in [9.17, 15) is 19.2 Å². The van der Waals surface area contributed by atoms with Crippen molar-refractivity contribution in [2.45, 2.75) is 25.5 Å². The summed E-state index contributed by atoms with van der Waals surface area (Å²) in [6.45, 7) is 3.07. The third-order valence-electron chi connectivity index (χ3n) is 7.15. The summed E-state index contributed by atoms with van der Waals surface area (Å²) in [5, 5.41) is 2.61. The molecule has 3 heterocycles. The zero-order valence-electron chi connectivity index (χ0n) is 20.0. The molecule has 1 aromatic heterocycles. The number of aldehydes is 1. The topological polar surface area (TPSA) is 112 Å². The average Bonchev–Trinajstić information content (AvgIpc) is 3.24. The Balaban J connectivity index is 1.16. The summed E-state index contributed by atoms with van der Waals surface area (Å²) in [5.41, 5.74) is 0.854. The second-order valence-electron chi connectivity index (χ2n) is 9.52. The lowest BCUT2D eigenvalue weighted by molar-refractivity contribution is -0.130. The first-order chi connectivity index (χ1) is 17.2. The molecule has 1 aromatic carbocycles. The molecule has 3 amide bonds. The SMILES string of the molecule is CC(=O)NC[C@H]1CN(c2ccc(N3CC4C(C3)C4N(C)C(=O)Cc3ccc(C=O)o3)c(F)c2)C(=O)O1. The first-order valence-electron chi connectivity index (χ1n) is 11.8. The molecule has 3 atom stereocenters. The van der Waals surface area contributed by atoms with Crippen molar-refractivity contribution in [1.29, 1.82) is 0 Å². The fraction of sp³-hybridized carbons (Fsp3) is 0.440. The second kappa shape index (κ2) is 9.29. The van der Waals surface area contributed by atoms with E-state index in [0.717, 1.165) is 0 Å². The van der Waals surface area contributed by atoms with Gasteiger partial charge in [0, 0.05) is 44.9 Å². The summed E-state index contributed by atoms with van der Waals surface area (Å²) in [4.78, 5) is 51.8. The van der Waals surface area contributed by atoms with Gasteiger partial charge in [-0.3, -0.25) is 19.3 Å². The highest BCUT2D eigenvalue weighted by molar-refractivity contribution is 5.90. The number of cyclic esters (lactones) is 1. The average molecular weight is 499 g/mol. The van der Waals surface area contributed by atoms with Gasteiger partial charge in [0.1, 0.15) is 17.7 Å². The summed E-state index contributed by atoms with van der Waals surface area (Å²) >= 11 is 0. The van der Waals surface area contributed by atoms with Crippen molar-refractivity contribution in [2.75, 3.05) is 43.0 Å². The van der Waals surface area contributed by atoms with Gasteiger partial charge in [-0.05, 0) is 30.3 Å². The lowest BCUT2D eigenvalue weighted by atomic mass is 10.2. The molecule has 2 saturated heterocycles. The molecule has 2 aliphatic heterocycles. The molecule has 1 N–H and O–H groups in total. The largest absolute Gasteiger partial charge is 0.458 e. The van der Waals surface area contributed by atoms with Gasteiger partial charge < -0.3 is 24.3 Å². The van der Waals surface area contributed by atoms with E-state index >= 15 is 4.39 Å². The standard InChI is InChI=1S/C25H27FN4O6/c1-14(32)27-9-18-10-30(25(34)36-18)15-3-6-22(21(26)7-15)29-11-19-20(12-29)24(19)28(2)23(33)8-16-4-5-17(13-31)35-16/h3-7,13,18-20,24H,8-12H2,1-2H3,(H,27,32)/t18-,19?,20?,24?/m0/s1. The predicted octanol–water partition coefficient (Wildman–Crippen LogP) is 1.83. The van der Waals surface area contributed by atoms with Crippen LogP contribution in [0.3, 0.4) is 0 Å². The second-order valence-corrected chi connectivity index (χ2v) is 9.52. The minimum absolute atomic E-state index is 0.0856. The Labute approximate surface area is 206 Å². The molecule has 11 heteroatoms. The molecular weight excluding hydrogens is 471 g/mol. The zero-order chi connectivity index (χ0) is 25.6. The van der Waals surface area contributed by atoms with Crippen LogP contribution in [0.2, 0.25) is 0 Å². The molecule has 3 fully saturated rings. The molecule has 1 aliphatic carbocycles. The third-order valence-corrected chi connectivity index (χ3v) is 7.15. The lowest BCUT2D eigenvalue weighted by Gasteiger charge is -2.26. The molecule has 36 heavy (non-hydrogen) atoms. The van der Waals surface area contributed by atoms with Crippen molar-refractivity contribution in [3.05, 3.63) is 47.7 Å². The molecule has 3 aliphatic rings. The van der Waals surface area contributed by atoms with Crippen LogP contribution in [0.1, 0.15) is 23.2 Å². The van der Waals surface area contributed by atoms with Crippen molar-refractivity contribution in [1.82, 2.24) is 10.2 Å². The number of fused-ring (bicyclic) bond motifs is 1. The van der Waals surface area contributed by atoms with E-state index in [1.165, 1.54) is 24.0 Å². The summed E-state index contributed by atoms with van der Waals surface area (Å²) in [6.07, 6.45) is -0.380. The maximum atomic E-state index is 15.1. The van der Waals surface area contributed by atoms with Crippen LogP contribution in [-0.4, -0.2) is 74.5 Å². The summed E-state index contributed by atoms with van der Waals surface area (Å²) < 4.78 is 25.6. The number of piperidine rings is 1. The molecule has 2 aromatic rings. The normalized spacial score (nSPS) is 24.4. The number of carbonyl (C=O) groups is 4. The number of rotatable bonds is 8. The Morgan fingerprint density at radius 2 is 1.94 bits per heavy atom. The smallest absolute Gasteiger partial charge is 0.414 e. The van der Waals surface area contributed by atoms with Gasteiger partial charge in [0.15, 0.2) is 12.0 Å². The Hall–Kier alpha value is -3.89. The Morgan fingerprint density at radius 1 is 1.19 bits per heavy atom. The number of ether oxygens (including phenoxy) is 1. The number of nitrogens with zero attached hydrogens (tertiary/aromatic N) is 3. The van der Waals surface area contributed by atoms with Crippen molar-refractivity contribution < 1.29 is 32.7 Å². The maximum Gasteiger partial charge on any atom is 0.414 e. The zero-order valence-corrected chi connectivity index (χ0v) is 20.0. The Kier molecular flexibility index (Phi) is 6.15. The van der Waals surface area contributed by atoms with E-state index in [4.69, 9.17) is 9.15 Å². The number of furan rings is 1. The van der Waals surface area contributed by atoms with E-state index < -0.39 is 18.0 Å². The number of hydrogen-bond donors (Lipinski definition) is 1. The van der Waals surface area contributed by atoms with Gasteiger partial charge in [-0.2, -0.15) is 0 Å². The molecule has 2 unspecified atom stereocenters. The summed E-state index contributed by atoms with van der Waals surface area (Å²) in [7, 11) is 1.77. The molecule has 10 nitrogen and oxygen atoms in total. The molecular formula is C25H27FN4O6. The van der Waals surface area contributed by atoms with Gasteiger partial charge in [0.05, 0.1) is 30.9 Å². The van der Waals surface area contributed by atoms with Gasteiger partial charge in [0.25, 0.3) is 0 Å². The Morgan fingerprint density at radius 3 is 2.58 bits per heavy atom. The lowest BCUT2D eigenvalue weighted by Crippen LogP contribution is -2.37. The highest BCUT2D eigenvalue weighted by Crippen LogP contribution is 2.50. The van der Waals surface area contributed by atoms with Crippen LogP contribution < -0.4 is 15.1 Å². The van der Waals surface area contributed by atoms with Gasteiger partial charge in [-0.25, -0.2) is 9.18 Å². The van der Waals surface area contributed by atoms with Crippen LogP contribution in [0, 0.1) is 17.7 Å². The number of nitrogens with one attached hydrogen (secondary N) is 1. The predicted molar refractivity (Wildman–Crippen MR) is 126 cm³/mol. The van der Waals surface area contributed by atoms with Crippen LogP contribution >= 0.6 is 0 Å². The van der Waals surface area contributed by atoms with E-state index in [2.05, 4.69) is 5.32 Å². The summed E-state index contributed by atoms with van der Waals surface area (Å²) in [5.74, 6) is 0.415. The number of likely N-dealkylation sites (N-methyl/N-ethyl adjacent to an activating group) is 1. The first kappa shape index (κ1) is 23.8. The van der Waals surface area contributed by atoms with Crippen molar-refractivity contribution >= 4 is 35.6 Å². The van der Waals surface area contributed by atoms with Crippen molar-refractivity contribution in [2.24, 2.45) is 11.8 Å². The number of anilines is 2. The molecule has 0 spiro atoms. The highest BCUT2D eigenvalue weighted by Gasteiger charge is 2.58. The van der Waals surface area contributed by atoms with E-state index in [-0.39, 0.29) is 55.0 Å². The van der Waals surface area contributed by atoms with Crippen LogP contribution in [-0.2, 0) is 20.7 Å². The fourth-order valence-electron chi connectivity index (χ4n) is 5.28. The van der Waals surface area contributed by atoms with Crippen LogP contribution in [0.5, 0.6) is 0 Å². The van der Waals surface area contributed by atoms with Crippen molar-refractivity contribution in [3.8, 4) is 0 Å². The maximum absolute atomic E-state index is 15.1. The highest BCUT2D eigenvalue weighted by atomic mass is 19.1. The van der Waals surface area contributed by atoms with Gasteiger partial charge in [-0.15, -0.1) is 0 Å². The number of halogens is 1. The molecule has 1 saturated carbocycles. The molecule has 0 bridgehead atoms. The van der Waals surface area contributed by atoms with E-state index in [1.807, 2.05) is 4.90 Å².